The Morgan fingerprint density at radius 1 is 0.959 bits per heavy atom. The lowest BCUT2D eigenvalue weighted by Crippen LogP contribution is -2.51. The monoisotopic (exact) mass is 676 g/mol. The van der Waals surface area contributed by atoms with Gasteiger partial charge in [-0.2, -0.15) is 0 Å². The molecule has 2 aromatic rings. The summed E-state index contributed by atoms with van der Waals surface area (Å²) in [5.74, 6) is -2.29. The van der Waals surface area contributed by atoms with Gasteiger partial charge in [0.1, 0.15) is 6.04 Å². The van der Waals surface area contributed by atoms with Crippen LogP contribution in [0.2, 0.25) is 0 Å². The van der Waals surface area contributed by atoms with Crippen LogP contribution >= 0.6 is 0 Å². The Balaban J connectivity index is 1.65. The van der Waals surface area contributed by atoms with Crippen molar-refractivity contribution in [3.05, 3.63) is 81.4 Å². The van der Waals surface area contributed by atoms with E-state index < -0.39 is 40.6 Å². The van der Waals surface area contributed by atoms with Gasteiger partial charge in [-0.05, 0) is 73.4 Å². The number of urea groups is 1. The quantitative estimate of drug-likeness (QED) is 0.0482. The van der Waals surface area contributed by atoms with Crippen LogP contribution in [0.1, 0.15) is 73.9 Å². The van der Waals surface area contributed by atoms with Gasteiger partial charge in [0.05, 0.1) is 16.5 Å². The zero-order chi connectivity index (χ0) is 36.1. The molecule has 1 aliphatic rings. The summed E-state index contributed by atoms with van der Waals surface area (Å²) in [6.45, 7) is 4.01. The van der Waals surface area contributed by atoms with Gasteiger partial charge in [-0.25, -0.2) is 4.79 Å². The minimum absolute atomic E-state index is 0.0250. The molecule has 0 fully saturated rings. The first kappa shape index (κ1) is 38.0. The zero-order valence-electron chi connectivity index (χ0n) is 27.5. The number of ketones is 1. The van der Waals surface area contributed by atoms with Crippen LogP contribution in [0.4, 0.5) is 16.2 Å². The van der Waals surface area contributed by atoms with Crippen molar-refractivity contribution in [1.82, 2.24) is 15.5 Å². The van der Waals surface area contributed by atoms with Crippen LogP contribution in [-0.4, -0.2) is 70.4 Å². The van der Waals surface area contributed by atoms with Crippen LogP contribution in [0, 0.1) is 22.1 Å². The number of nitrogens with two attached hydrogens (primary N) is 2. The Labute approximate surface area is 284 Å². The Morgan fingerprint density at radius 2 is 1.63 bits per heavy atom. The largest absolute Gasteiger partial charge is 0.352 e. The predicted octanol–water partition coefficient (Wildman–Crippen LogP) is 2.51. The molecule has 0 saturated heterocycles. The number of primary amides is 1. The lowest BCUT2D eigenvalue weighted by molar-refractivity contribution is -0.385. The fraction of sp³-hybridized carbons (Fsp3) is 0.412. The number of nitrogens with zero attached hydrogens (tertiary/aromatic N) is 2. The van der Waals surface area contributed by atoms with E-state index in [1.807, 2.05) is 0 Å². The van der Waals surface area contributed by atoms with Gasteiger partial charge in [0.15, 0.2) is 5.78 Å². The number of imide groups is 1. The summed E-state index contributed by atoms with van der Waals surface area (Å²) in [6.07, 6.45) is 4.62. The molecule has 0 aliphatic carbocycles. The van der Waals surface area contributed by atoms with Gasteiger partial charge in [0.25, 0.3) is 17.5 Å². The lowest BCUT2D eigenvalue weighted by atomic mass is 9.93. The van der Waals surface area contributed by atoms with Crippen LogP contribution in [0.15, 0.2) is 48.6 Å². The Bertz CT molecular complexity index is 1570. The average molecular weight is 677 g/mol. The number of nitro groups is 1. The normalized spacial score (nSPS) is 13.7. The smallest absolute Gasteiger partial charge is 0.312 e. The maximum Gasteiger partial charge on any atom is 0.312 e. The number of carbonyl (C=O) groups excluding carboxylic acids is 6. The van der Waals surface area contributed by atoms with Crippen molar-refractivity contribution in [2.24, 2.45) is 17.4 Å². The molecule has 15 nitrogen and oxygen atoms in total. The highest BCUT2D eigenvalue weighted by molar-refractivity contribution is 6.12. The third-order valence-electron chi connectivity index (χ3n) is 7.94. The molecule has 6 amide bonds. The molecule has 0 bridgehead atoms. The highest BCUT2D eigenvalue weighted by Crippen LogP contribution is 2.27. The van der Waals surface area contributed by atoms with E-state index in [2.05, 4.69) is 22.0 Å². The molecule has 0 saturated carbocycles. The molecule has 1 heterocycles. The molecule has 7 N–H and O–H groups in total. The molecular formula is C34H42N7O8. The van der Waals surface area contributed by atoms with Crippen molar-refractivity contribution in [2.75, 3.05) is 18.4 Å². The minimum Gasteiger partial charge on any atom is -0.352 e. The van der Waals surface area contributed by atoms with Gasteiger partial charge in [0.2, 0.25) is 11.8 Å². The molecule has 0 aromatic heterocycles. The van der Waals surface area contributed by atoms with Crippen LogP contribution in [0.3, 0.4) is 0 Å². The predicted molar refractivity (Wildman–Crippen MR) is 180 cm³/mol. The number of rotatable bonds is 19. The molecule has 2 aromatic carbocycles. The second-order valence-electron chi connectivity index (χ2n) is 12.0. The number of hydrogen-bond donors (Lipinski definition) is 5. The topological polar surface area (TPSA) is 237 Å². The summed E-state index contributed by atoms with van der Waals surface area (Å²) in [4.78, 5) is 85.8. The van der Waals surface area contributed by atoms with Crippen molar-refractivity contribution in [3.8, 4) is 0 Å². The van der Waals surface area contributed by atoms with Crippen molar-refractivity contribution in [1.29, 1.82) is 0 Å². The molecule has 0 unspecified atom stereocenters. The number of Topliss-reactive ketones (excluding diaryl/α,β-unsaturated/α-hetero) is 1. The molecular weight excluding hydrogens is 634 g/mol. The van der Waals surface area contributed by atoms with E-state index in [-0.39, 0.29) is 61.3 Å². The first-order valence-corrected chi connectivity index (χ1v) is 16.0. The van der Waals surface area contributed by atoms with Crippen LogP contribution in [-0.2, 0) is 25.6 Å². The van der Waals surface area contributed by atoms with E-state index in [0.29, 0.717) is 42.5 Å². The fourth-order valence-electron chi connectivity index (χ4n) is 5.14. The highest BCUT2D eigenvalue weighted by Gasteiger charge is 2.27. The summed E-state index contributed by atoms with van der Waals surface area (Å²) in [5.41, 5.74) is 12.2. The SMILES string of the molecule is CC(C)[C@H](N)C(=O)N[C@@H](CCCNC(N)=O)C(=O)Nc1ccc(Cc2[c]ccc([N+](=O)[O-])c2C(=O)CCCCCN2C(=O)C=CC2=O)cc1. The third-order valence-corrected chi connectivity index (χ3v) is 7.94. The Hall–Kier alpha value is -5.44. The first-order chi connectivity index (χ1) is 23.3. The van der Waals surface area contributed by atoms with Gasteiger partial charge < -0.3 is 27.4 Å². The second kappa shape index (κ2) is 18.2. The Morgan fingerprint density at radius 3 is 2.24 bits per heavy atom. The lowest BCUT2D eigenvalue weighted by Gasteiger charge is -2.22. The Kier molecular flexibility index (Phi) is 14.1. The molecule has 0 spiro atoms. The van der Waals surface area contributed by atoms with E-state index in [0.717, 1.165) is 4.90 Å². The fourth-order valence-corrected chi connectivity index (χ4v) is 5.14. The second-order valence-corrected chi connectivity index (χ2v) is 12.0. The standard InChI is InChI=1S/C34H42N7O8/c1-21(2)31(35)33(46)39-25(9-7-18-37-34(36)47)32(45)38-24-14-12-22(13-15-24)20-23-8-6-10-26(41(48)49)30(23)27(42)11-4-3-5-19-40-28(43)16-17-29(40)44/h6,10,12-17,21,25,31H,3-5,7,9,11,18-20,35H2,1-2H3,(H,38,45)(H,39,46)(H3,36,37,47)/t25-,31-/m0/s1. The summed E-state index contributed by atoms with van der Waals surface area (Å²) in [7, 11) is 0. The molecule has 261 valence electrons. The number of nitrogens with one attached hydrogen (secondary N) is 3. The van der Waals surface area contributed by atoms with Gasteiger partial charge in [-0.1, -0.05) is 32.4 Å². The van der Waals surface area contributed by atoms with Crippen molar-refractivity contribution >= 4 is 46.8 Å². The van der Waals surface area contributed by atoms with Gasteiger partial charge in [-0.3, -0.25) is 39.0 Å². The van der Waals surface area contributed by atoms with E-state index in [1.54, 1.807) is 38.1 Å². The van der Waals surface area contributed by atoms with Gasteiger partial charge in [0, 0.05) is 43.4 Å². The number of carbonyl (C=O) groups is 6. The summed E-state index contributed by atoms with van der Waals surface area (Å²) in [5, 5.41) is 19.7. The summed E-state index contributed by atoms with van der Waals surface area (Å²) in [6, 6.07) is 9.80. The number of amides is 6. The highest BCUT2D eigenvalue weighted by atomic mass is 16.6. The molecule has 1 radical (unpaired) electrons. The van der Waals surface area contributed by atoms with Crippen LogP contribution < -0.4 is 27.4 Å². The minimum atomic E-state index is -0.943. The number of anilines is 1. The van der Waals surface area contributed by atoms with E-state index >= 15 is 0 Å². The number of unbranched alkanes of at least 4 members (excludes halogenated alkanes) is 2. The molecule has 2 atom stereocenters. The first-order valence-electron chi connectivity index (χ1n) is 16.0. The van der Waals surface area contributed by atoms with Gasteiger partial charge >= 0.3 is 6.03 Å². The number of hydrogen-bond acceptors (Lipinski definition) is 9. The average Bonchev–Trinajstić information content (AvgIpc) is 3.38. The molecule has 15 heteroatoms. The van der Waals surface area contributed by atoms with Gasteiger partial charge in [-0.15, -0.1) is 0 Å². The van der Waals surface area contributed by atoms with Crippen molar-refractivity contribution < 1.29 is 33.7 Å². The van der Waals surface area contributed by atoms with Crippen molar-refractivity contribution in [3.63, 3.8) is 0 Å². The molecule has 49 heavy (non-hydrogen) atoms. The van der Waals surface area contributed by atoms with Crippen molar-refractivity contribution in [2.45, 2.75) is 70.9 Å². The van der Waals surface area contributed by atoms with E-state index in [9.17, 15) is 38.9 Å². The summed E-state index contributed by atoms with van der Waals surface area (Å²) < 4.78 is 0. The summed E-state index contributed by atoms with van der Waals surface area (Å²) >= 11 is 0. The zero-order valence-corrected chi connectivity index (χ0v) is 27.5. The number of benzene rings is 2. The maximum atomic E-state index is 13.3. The molecule has 3 rings (SSSR count). The molecule has 1 aliphatic heterocycles. The van der Waals surface area contributed by atoms with E-state index in [1.165, 1.54) is 24.3 Å². The van der Waals surface area contributed by atoms with Crippen LogP contribution in [0.5, 0.6) is 0 Å². The third kappa shape index (κ3) is 11.3. The maximum absolute atomic E-state index is 13.3. The van der Waals surface area contributed by atoms with Crippen LogP contribution in [0.25, 0.3) is 0 Å². The van der Waals surface area contributed by atoms with E-state index in [4.69, 9.17) is 11.5 Å². The number of nitro benzene ring substituents is 1.